The second kappa shape index (κ2) is 7.47. The minimum atomic E-state index is -0.559. The fourth-order valence-corrected chi connectivity index (χ4v) is 3.21. The van der Waals surface area contributed by atoms with Gasteiger partial charge in [0.15, 0.2) is 0 Å². The molecule has 2 atom stereocenters. The average molecular weight is 340 g/mol. The van der Waals surface area contributed by atoms with Crippen molar-refractivity contribution in [1.29, 1.82) is 0 Å². The second-order valence-corrected chi connectivity index (χ2v) is 6.28. The van der Waals surface area contributed by atoms with Gasteiger partial charge in [-0.2, -0.15) is 0 Å². The van der Waals surface area contributed by atoms with E-state index in [1.807, 2.05) is 37.3 Å². The third kappa shape index (κ3) is 3.71. The molecule has 0 aliphatic carbocycles. The second-order valence-electron chi connectivity index (χ2n) is 6.28. The first-order valence-electron chi connectivity index (χ1n) is 8.48. The minimum absolute atomic E-state index is 0.0123. The predicted octanol–water partition coefficient (Wildman–Crippen LogP) is 3.31. The Kier molecular flexibility index (Phi) is 5.12. The van der Waals surface area contributed by atoms with Crippen LogP contribution in [-0.2, 0) is 4.79 Å². The first kappa shape index (κ1) is 17.1. The van der Waals surface area contributed by atoms with Gasteiger partial charge >= 0.3 is 0 Å². The number of likely N-dealkylation sites (tertiary alicyclic amines) is 1. The summed E-state index contributed by atoms with van der Waals surface area (Å²) in [7, 11) is 0. The standard InChI is InChI=1S/C20H21FN2O2/c1-14(15-8-3-2-4-9-15)22-19(24)18-12-7-13-23(18)20(25)16-10-5-6-11-17(16)21/h2-6,8-11,14,18H,7,12-13H2,1H3,(H,22,24). The molecule has 2 unspecified atom stereocenters. The summed E-state index contributed by atoms with van der Waals surface area (Å²) in [6, 6.07) is 14.8. The number of benzene rings is 2. The van der Waals surface area contributed by atoms with E-state index in [1.165, 1.54) is 17.0 Å². The highest BCUT2D eigenvalue weighted by Gasteiger charge is 2.35. The Morgan fingerprint density at radius 3 is 2.52 bits per heavy atom. The summed E-state index contributed by atoms with van der Waals surface area (Å²) in [5, 5.41) is 2.96. The fraction of sp³-hybridized carbons (Fsp3) is 0.300. The number of rotatable bonds is 4. The number of carbonyl (C=O) groups is 2. The van der Waals surface area contributed by atoms with Crippen molar-refractivity contribution in [2.75, 3.05) is 6.54 Å². The molecule has 3 rings (SSSR count). The number of halogens is 1. The van der Waals surface area contributed by atoms with E-state index in [2.05, 4.69) is 5.32 Å². The van der Waals surface area contributed by atoms with Crippen LogP contribution in [0.4, 0.5) is 4.39 Å². The van der Waals surface area contributed by atoms with Crippen molar-refractivity contribution in [2.45, 2.75) is 31.8 Å². The summed E-state index contributed by atoms with van der Waals surface area (Å²) in [6.07, 6.45) is 1.32. The van der Waals surface area contributed by atoms with Crippen LogP contribution in [0.2, 0.25) is 0 Å². The van der Waals surface area contributed by atoms with Crippen LogP contribution in [-0.4, -0.2) is 29.3 Å². The van der Waals surface area contributed by atoms with Gasteiger partial charge in [0.05, 0.1) is 11.6 Å². The highest BCUT2D eigenvalue weighted by molar-refractivity contribution is 5.98. The maximum absolute atomic E-state index is 13.9. The molecule has 1 saturated heterocycles. The molecule has 25 heavy (non-hydrogen) atoms. The maximum atomic E-state index is 13.9. The van der Waals surface area contributed by atoms with Crippen molar-refractivity contribution in [2.24, 2.45) is 0 Å². The molecule has 0 spiro atoms. The van der Waals surface area contributed by atoms with Gasteiger partial charge in [-0.1, -0.05) is 42.5 Å². The Balaban J connectivity index is 1.72. The third-order valence-electron chi connectivity index (χ3n) is 4.58. The van der Waals surface area contributed by atoms with Gasteiger partial charge in [-0.3, -0.25) is 9.59 Å². The van der Waals surface area contributed by atoms with Crippen molar-refractivity contribution in [1.82, 2.24) is 10.2 Å². The van der Waals surface area contributed by atoms with Crippen molar-refractivity contribution < 1.29 is 14.0 Å². The van der Waals surface area contributed by atoms with Crippen LogP contribution in [0.1, 0.15) is 41.7 Å². The van der Waals surface area contributed by atoms with Gasteiger partial charge in [0.1, 0.15) is 11.9 Å². The third-order valence-corrected chi connectivity index (χ3v) is 4.58. The SMILES string of the molecule is CC(NC(=O)C1CCCN1C(=O)c1ccccc1F)c1ccccc1. The zero-order chi connectivity index (χ0) is 17.8. The molecule has 0 bridgehead atoms. The van der Waals surface area contributed by atoms with Crippen LogP contribution in [0.25, 0.3) is 0 Å². The highest BCUT2D eigenvalue weighted by Crippen LogP contribution is 2.22. The normalized spacial score (nSPS) is 18.0. The van der Waals surface area contributed by atoms with E-state index in [-0.39, 0.29) is 17.5 Å². The summed E-state index contributed by atoms with van der Waals surface area (Å²) in [6.45, 7) is 2.37. The van der Waals surface area contributed by atoms with Gasteiger partial charge in [-0.05, 0) is 37.5 Å². The largest absolute Gasteiger partial charge is 0.348 e. The van der Waals surface area contributed by atoms with Crippen molar-refractivity contribution in [3.05, 3.63) is 71.5 Å². The molecule has 1 N–H and O–H groups in total. The molecule has 2 aromatic rings. The molecule has 0 radical (unpaired) electrons. The molecular weight excluding hydrogens is 319 g/mol. The van der Waals surface area contributed by atoms with Crippen LogP contribution >= 0.6 is 0 Å². The molecule has 1 fully saturated rings. The number of hydrogen-bond acceptors (Lipinski definition) is 2. The number of hydrogen-bond donors (Lipinski definition) is 1. The quantitative estimate of drug-likeness (QED) is 0.928. The molecular formula is C20H21FN2O2. The fourth-order valence-electron chi connectivity index (χ4n) is 3.21. The van der Waals surface area contributed by atoms with Gasteiger partial charge in [0, 0.05) is 6.54 Å². The van der Waals surface area contributed by atoms with Crippen molar-refractivity contribution in [3.63, 3.8) is 0 Å². The Bertz CT molecular complexity index is 763. The lowest BCUT2D eigenvalue weighted by molar-refractivity contribution is -0.125. The van der Waals surface area contributed by atoms with Gasteiger partial charge in [0.2, 0.25) is 5.91 Å². The number of amides is 2. The lowest BCUT2D eigenvalue weighted by Gasteiger charge is -2.26. The lowest BCUT2D eigenvalue weighted by atomic mass is 10.1. The number of carbonyl (C=O) groups excluding carboxylic acids is 2. The monoisotopic (exact) mass is 340 g/mol. The van der Waals surface area contributed by atoms with Gasteiger partial charge < -0.3 is 10.2 Å². The predicted molar refractivity (Wildman–Crippen MR) is 93.5 cm³/mol. The summed E-state index contributed by atoms with van der Waals surface area (Å²) in [4.78, 5) is 26.8. The molecule has 0 saturated carbocycles. The summed E-state index contributed by atoms with van der Waals surface area (Å²) < 4.78 is 13.9. The van der Waals surface area contributed by atoms with E-state index in [4.69, 9.17) is 0 Å². The molecule has 1 aliphatic rings. The summed E-state index contributed by atoms with van der Waals surface area (Å²) in [5.74, 6) is -1.18. The smallest absolute Gasteiger partial charge is 0.257 e. The van der Waals surface area contributed by atoms with Crippen LogP contribution in [0.3, 0.4) is 0 Å². The van der Waals surface area contributed by atoms with E-state index in [0.717, 1.165) is 12.0 Å². The van der Waals surface area contributed by atoms with Gasteiger partial charge in [0.25, 0.3) is 5.91 Å². The van der Waals surface area contributed by atoms with E-state index < -0.39 is 17.8 Å². The first-order valence-corrected chi connectivity index (χ1v) is 8.48. The average Bonchev–Trinajstić information content (AvgIpc) is 3.12. The lowest BCUT2D eigenvalue weighted by Crippen LogP contribution is -2.46. The zero-order valence-electron chi connectivity index (χ0n) is 14.1. The Labute approximate surface area is 146 Å². The summed E-state index contributed by atoms with van der Waals surface area (Å²) in [5.41, 5.74) is 1.01. The van der Waals surface area contributed by atoms with Crippen LogP contribution in [0, 0.1) is 5.82 Å². The molecule has 1 aliphatic heterocycles. The molecule has 2 aromatic carbocycles. The van der Waals surface area contributed by atoms with E-state index >= 15 is 0 Å². The summed E-state index contributed by atoms with van der Waals surface area (Å²) >= 11 is 0. The Hall–Kier alpha value is -2.69. The van der Waals surface area contributed by atoms with Crippen molar-refractivity contribution in [3.8, 4) is 0 Å². The van der Waals surface area contributed by atoms with Crippen molar-refractivity contribution >= 4 is 11.8 Å². The molecule has 0 aromatic heterocycles. The molecule has 2 amide bonds. The van der Waals surface area contributed by atoms with Gasteiger partial charge in [-0.15, -0.1) is 0 Å². The highest BCUT2D eigenvalue weighted by atomic mass is 19.1. The zero-order valence-corrected chi connectivity index (χ0v) is 14.1. The minimum Gasteiger partial charge on any atom is -0.348 e. The maximum Gasteiger partial charge on any atom is 0.257 e. The van der Waals surface area contributed by atoms with E-state index in [1.54, 1.807) is 12.1 Å². The van der Waals surface area contributed by atoms with Gasteiger partial charge in [-0.25, -0.2) is 4.39 Å². The van der Waals surface area contributed by atoms with Crippen LogP contribution < -0.4 is 5.32 Å². The molecule has 4 nitrogen and oxygen atoms in total. The Morgan fingerprint density at radius 1 is 1.12 bits per heavy atom. The molecule has 130 valence electrons. The molecule has 1 heterocycles. The van der Waals surface area contributed by atoms with Crippen LogP contribution in [0.15, 0.2) is 54.6 Å². The Morgan fingerprint density at radius 2 is 1.80 bits per heavy atom. The van der Waals surface area contributed by atoms with E-state index in [9.17, 15) is 14.0 Å². The first-order chi connectivity index (χ1) is 12.1. The number of nitrogens with one attached hydrogen (secondary N) is 1. The van der Waals surface area contributed by atoms with E-state index in [0.29, 0.717) is 13.0 Å². The molecule has 5 heteroatoms. The van der Waals surface area contributed by atoms with Crippen LogP contribution in [0.5, 0.6) is 0 Å². The number of nitrogens with zero attached hydrogens (tertiary/aromatic N) is 1. The topological polar surface area (TPSA) is 49.4 Å².